The molecule has 3 nitrogen and oxygen atoms in total. The SMILES string of the molecule is Cc1ccc(-c2cnc(C(N)Cc3ccccc3)[nH]2)s1. The van der Waals surface area contributed by atoms with E-state index in [9.17, 15) is 0 Å². The van der Waals surface area contributed by atoms with Gasteiger partial charge in [0.2, 0.25) is 0 Å². The van der Waals surface area contributed by atoms with Gasteiger partial charge < -0.3 is 10.7 Å². The second-order valence-electron chi connectivity index (χ2n) is 4.89. The standard InChI is InChI=1S/C16H17N3S/c1-11-7-8-15(20-11)14-10-18-16(19-14)13(17)9-12-5-3-2-4-6-12/h2-8,10,13H,9,17H2,1H3,(H,18,19). The third-order valence-electron chi connectivity index (χ3n) is 3.25. The number of imidazole rings is 1. The third-order valence-corrected chi connectivity index (χ3v) is 4.28. The number of benzene rings is 1. The van der Waals surface area contributed by atoms with Gasteiger partial charge in [0.05, 0.1) is 22.8 Å². The van der Waals surface area contributed by atoms with Gasteiger partial charge in [0.15, 0.2) is 0 Å². The van der Waals surface area contributed by atoms with Crippen LogP contribution in [0.3, 0.4) is 0 Å². The quantitative estimate of drug-likeness (QED) is 0.767. The number of aromatic amines is 1. The largest absolute Gasteiger partial charge is 0.340 e. The predicted octanol–water partition coefficient (Wildman–Crippen LogP) is 3.69. The van der Waals surface area contributed by atoms with E-state index in [-0.39, 0.29) is 6.04 Å². The minimum Gasteiger partial charge on any atom is -0.340 e. The lowest BCUT2D eigenvalue weighted by Gasteiger charge is -2.08. The number of hydrogen-bond donors (Lipinski definition) is 2. The van der Waals surface area contributed by atoms with Crippen LogP contribution in [0.25, 0.3) is 10.6 Å². The van der Waals surface area contributed by atoms with Gasteiger partial charge >= 0.3 is 0 Å². The van der Waals surface area contributed by atoms with E-state index in [1.807, 2.05) is 24.4 Å². The molecule has 3 rings (SSSR count). The van der Waals surface area contributed by atoms with Crippen LogP contribution < -0.4 is 5.73 Å². The Hall–Kier alpha value is -1.91. The molecule has 0 spiro atoms. The van der Waals surface area contributed by atoms with Gasteiger partial charge in [-0.3, -0.25) is 0 Å². The number of rotatable bonds is 4. The monoisotopic (exact) mass is 283 g/mol. The first kappa shape index (κ1) is 13.1. The van der Waals surface area contributed by atoms with Gasteiger partial charge in [0, 0.05) is 4.88 Å². The maximum absolute atomic E-state index is 6.23. The fourth-order valence-electron chi connectivity index (χ4n) is 2.19. The first-order valence-electron chi connectivity index (χ1n) is 6.63. The highest BCUT2D eigenvalue weighted by Crippen LogP contribution is 2.27. The number of nitrogens with zero attached hydrogens (tertiary/aromatic N) is 1. The molecule has 0 aliphatic heterocycles. The normalized spacial score (nSPS) is 12.5. The highest BCUT2D eigenvalue weighted by atomic mass is 32.1. The molecule has 0 saturated carbocycles. The van der Waals surface area contributed by atoms with E-state index in [4.69, 9.17) is 5.73 Å². The Morgan fingerprint density at radius 3 is 2.70 bits per heavy atom. The number of H-pyrrole nitrogens is 1. The molecule has 3 aromatic rings. The molecule has 0 saturated heterocycles. The molecule has 0 radical (unpaired) electrons. The van der Waals surface area contributed by atoms with Crippen LogP contribution in [-0.4, -0.2) is 9.97 Å². The Morgan fingerprint density at radius 1 is 1.20 bits per heavy atom. The summed E-state index contributed by atoms with van der Waals surface area (Å²) in [6.07, 6.45) is 2.66. The van der Waals surface area contributed by atoms with Gasteiger partial charge in [0.25, 0.3) is 0 Å². The van der Waals surface area contributed by atoms with E-state index in [0.717, 1.165) is 17.9 Å². The van der Waals surface area contributed by atoms with Crippen molar-refractivity contribution in [2.24, 2.45) is 5.73 Å². The summed E-state index contributed by atoms with van der Waals surface area (Å²) in [7, 11) is 0. The summed E-state index contributed by atoms with van der Waals surface area (Å²) in [5.74, 6) is 0.843. The zero-order chi connectivity index (χ0) is 13.9. The highest BCUT2D eigenvalue weighted by Gasteiger charge is 2.12. The molecule has 1 aromatic carbocycles. The lowest BCUT2D eigenvalue weighted by molar-refractivity contribution is 0.678. The number of hydrogen-bond acceptors (Lipinski definition) is 3. The summed E-state index contributed by atoms with van der Waals surface area (Å²) in [5, 5.41) is 0. The number of nitrogens with two attached hydrogens (primary N) is 1. The first-order valence-corrected chi connectivity index (χ1v) is 7.45. The Bertz CT molecular complexity index is 685. The molecule has 20 heavy (non-hydrogen) atoms. The molecule has 0 bridgehead atoms. The van der Waals surface area contributed by atoms with Crippen LogP contribution in [0.15, 0.2) is 48.7 Å². The summed E-state index contributed by atoms with van der Waals surface area (Å²) < 4.78 is 0. The molecule has 2 aromatic heterocycles. The maximum Gasteiger partial charge on any atom is 0.123 e. The molecule has 2 heterocycles. The van der Waals surface area contributed by atoms with Crippen LogP contribution in [0.2, 0.25) is 0 Å². The van der Waals surface area contributed by atoms with Gasteiger partial charge in [-0.2, -0.15) is 0 Å². The molecular weight excluding hydrogens is 266 g/mol. The summed E-state index contributed by atoms with van der Waals surface area (Å²) in [6.45, 7) is 2.10. The van der Waals surface area contributed by atoms with Crippen molar-refractivity contribution in [2.75, 3.05) is 0 Å². The summed E-state index contributed by atoms with van der Waals surface area (Å²) in [6, 6.07) is 14.4. The van der Waals surface area contributed by atoms with Gasteiger partial charge in [0.1, 0.15) is 5.82 Å². The van der Waals surface area contributed by atoms with Crippen molar-refractivity contribution in [3.8, 4) is 10.6 Å². The van der Waals surface area contributed by atoms with E-state index < -0.39 is 0 Å². The Labute approximate surface area is 122 Å². The average molecular weight is 283 g/mol. The van der Waals surface area contributed by atoms with E-state index in [1.54, 1.807) is 11.3 Å². The zero-order valence-electron chi connectivity index (χ0n) is 11.3. The summed E-state index contributed by atoms with van der Waals surface area (Å²) >= 11 is 1.76. The number of aryl methyl sites for hydroxylation is 1. The Balaban J connectivity index is 1.76. The maximum atomic E-state index is 6.23. The van der Waals surface area contributed by atoms with Crippen LogP contribution in [0.1, 0.15) is 22.3 Å². The Morgan fingerprint density at radius 2 is 2.00 bits per heavy atom. The molecule has 1 atom stereocenters. The van der Waals surface area contributed by atoms with E-state index in [0.29, 0.717) is 0 Å². The minimum absolute atomic E-state index is 0.104. The fourth-order valence-corrected chi connectivity index (χ4v) is 3.03. The van der Waals surface area contributed by atoms with Crippen molar-refractivity contribution in [3.05, 3.63) is 64.9 Å². The first-order chi connectivity index (χ1) is 9.72. The number of nitrogens with one attached hydrogen (secondary N) is 1. The number of aromatic nitrogens is 2. The van der Waals surface area contributed by atoms with Crippen LogP contribution in [0.4, 0.5) is 0 Å². The zero-order valence-corrected chi connectivity index (χ0v) is 12.2. The van der Waals surface area contributed by atoms with Crippen molar-refractivity contribution in [2.45, 2.75) is 19.4 Å². The van der Waals surface area contributed by atoms with Crippen LogP contribution in [0.5, 0.6) is 0 Å². The summed E-state index contributed by atoms with van der Waals surface area (Å²) in [4.78, 5) is 10.3. The van der Waals surface area contributed by atoms with Gasteiger partial charge in [-0.05, 0) is 31.0 Å². The van der Waals surface area contributed by atoms with Crippen LogP contribution in [0, 0.1) is 6.92 Å². The lowest BCUT2D eigenvalue weighted by atomic mass is 10.1. The molecule has 4 heteroatoms. The molecule has 0 fully saturated rings. The van der Waals surface area contributed by atoms with Gasteiger partial charge in [-0.25, -0.2) is 4.98 Å². The molecule has 0 amide bonds. The van der Waals surface area contributed by atoms with Crippen molar-refractivity contribution in [1.82, 2.24) is 9.97 Å². The van der Waals surface area contributed by atoms with Crippen molar-refractivity contribution >= 4 is 11.3 Å². The summed E-state index contributed by atoms with van der Waals surface area (Å²) in [5.41, 5.74) is 8.50. The van der Waals surface area contributed by atoms with Crippen LogP contribution in [-0.2, 0) is 6.42 Å². The predicted molar refractivity (Wildman–Crippen MR) is 83.7 cm³/mol. The fraction of sp³-hybridized carbons (Fsp3) is 0.188. The van der Waals surface area contributed by atoms with Crippen LogP contribution >= 0.6 is 11.3 Å². The van der Waals surface area contributed by atoms with Gasteiger partial charge in [-0.1, -0.05) is 30.3 Å². The van der Waals surface area contributed by atoms with E-state index in [1.165, 1.54) is 15.3 Å². The topological polar surface area (TPSA) is 54.7 Å². The molecule has 1 unspecified atom stereocenters. The number of thiophene rings is 1. The average Bonchev–Trinajstić information content (AvgIpc) is 3.08. The highest BCUT2D eigenvalue weighted by molar-refractivity contribution is 7.15. The van der Waals surface area contributed by atoms with E-state index in [2.05, 4.69) is 41.2 Å². The molecule has 3 N–H and O–H groups in total. The molecular formula is C16H17N3S. The lowest BCUT2D eigenvalue weighted by Crippen LogP contribution is -2.14. The Kier molecular flexibility index (Phi) is 3.67. The molecule has 0 aliphatic rings. The van der Waals surface area contributed by atoms with E-state index >= 15 is 0 Å². The van der Waals surface area contributed by atoms with Crippen molar-refractivity contribution in [3.63, 3.8) is 0 Å². The smallest absolute Gasteiger partial charge is 0.123 e. The third kappa shape index (κ3) is 2.81. The van der Waals surface area contributed by atoms with Gasteiger partial charge in [-0.15, -0.1) is 11.3 Å². The second kappa shape index (κ2) is 5.61. The molecule has 0 aliphatic carbocycles. The van der Waals surface area contributed by atoms with Crippen molar-refractivity contribution in [1.29, 1.82) is 0 Å². The second-order valence-corrected chi connectivity index (χ2v) is 6.18. The molecule has 102 valence electrons. The minimum atomic E-state index is -0.104. The van der Waals surface area contributed by atoms with Crippen molar-refractivity contribution < 1.29 is 0 Å².